The van der Waals surface area contributed by atoms with Crippen molar-refractivity contribution in [2.45, 2.75) is 0 Å². The molecule has 0 unspecified atom stereocenters. The van der Waals surface area contributed by atoms with Crippen molar-refractivity contribution in [1.29, 1.82) is 0 Å². The predicted molar refractivity (Wildman–Crippen MR) is 83.3 cm³/mol. The standard InChI is InChI=1S/C16H20N2O6/c1-21-5-3-17-9-23-13-8-12-14(7-11(13)15(17)19)24-10-18(16(12)20)4-6-22-2/h7-8H,3-6,9-10H2,1-2H3. The molecule has 0 atom stereocenters. The molecule has 2 amide bonds. The Balaban J connectivity index is 1.83. The Bertz CT molecular complexity index is 592. The highest BCUT2D eigenvalue weighted by molar-refractivity contribution is 6.03. The number of nitrogens with zero attached hydrogens (tertiary/aromatic N) is 2. The fraction of sp³-hybridized carbons (Fsp3) is 0.500. The molecule has 130 valence electrons. The van der Waals surface area contributed by atoms with E-state index in [0.717, 1.165) is 0 Å². The summed E-state index contributed by atoms with van der Waals surface area (Å²) in [7, 11) is 3.16. The molecule has 8 nitrogen and oxygen atoms in total. The maximum atomic E-state index is 12.5. The van der Waals surface area contributed by atoms with Gasteiger partial charge >= 0.3 is 0 Å². The number of methoxy groups -OCH3 is 2. The summed E-state index contributed by atoms with van der Waals surface area (Å²) in [5, 5.41) is 0. The van der Waals surface area contributed by atoms with Gasteiger partial charge < -0.3 is 28.7 Å². The van der Waals surface area contributed by atoms with E-state index in [1.54, 1.807) is 36.2 Å². The van der Waals surface area contributed by atoms with Gasteiger partial charge in [0.15, 0.2) is 13.5 Å². The van der Waals surface area contributed by atoms with Gasteiger partial charge in [-0.2, -0.15) is 0 Å². The average Bonchev–Trinajstić information content (AvgIpc) is 2.60. The highest BCUT2D eigenvalue weighted by atomic mass is 16.5. The monoisotopic (exact) mass is 336 g/mol. The first kappa shape index (κ1) is 16.5. The number of amides is 2. The summed E-state index contributed by atoms with van der Waals surface area (Å²) < 4.78 is 21.3. The molecule has 3 rings (SSSR count). The molecule has 24 heavy (non-hydrogen) atoms. The Hall–Kier alpha value is -2.32. The molecule has 0 saturated carbocycles. The highest BCUT2D eigenvalue weighted by Crippen LogP contribution is 2.35. The Labute approximate surface area is 139 Å². The van der Waals surface area contributed by atoms with Gasteiger partial charge in [-0.1, -0.05) is 0 Å². The zero-order chi connectivity index (χ0) is 17.1. The molecule has 1 aromatic rings. The van der Waals surface area contributed by atoms with Crippen LogP contribution in [0, 0.1) is 0 Å². The molecule has 0 fully saturated rings. The number of hydrogen-bond acceptors (Lipinski definition) is 6. The first-order valence-electron chi connectivity index (χ1n) is 7.65. The van der Waals surface area contributed by atoms with Crippen LogP contribution in [0.25, 0.3) is 0 Å². The number of rotatable bonds is 6. The van der Waals surface area contributed by atoms with E-state index in [-0.39, 0.29) is 25.3 Å². The molecule has 0 N–H and O–H groups in total. The van der Waals surface area contributed by atoms with Gasteiger partial charge in [-0.05, 0) is 12.1 Å². The summed E-state index contributed by atoms with van der Waals surface area (Å²) in [6.45, 7) is 2.01. The van der Waals surface area contributed by atoms with E-state index in [0.29, 0.717) is 48.9 Å². The molecule has 1 aromatic carbocycles. The van der Waals surface area contributed by atoms with E-state index in [9.17, 15) is 9.59 Å². The molecule has 2 aliphatic heterocycles. The van der Waals surface area contributed by atoms with Crippen molar-refractivity contribution in [3.8, 4) is 11.5 Å². The molecule has 0 spiro atoms. The molecular formula is C16H20N2O6. The van der Waals surface area contributed by atoms with Crippen molar-refractivity contribution in [3.63, 3.8) is 0 Å². The first-order valence-corrected chi connectivity index (χ1v) is 7.65. The van der Waals surface area contributed by atoms with E-state index < -0.39 is 0 Å². The van der Waals surface area contributed by atoms with E-state index in [1.165, 1.54) is 0 Å². The average molecular weight is 336 g/mol. The van der Waals surface area contributed by atoms with Crippen molar-refractivity contribution in [2.75, 3.05) is 54.0 Å². The SMILES string of the molecule is COCCN1COc2cc3c(cc2C1=O)OCN(CCOC)C3=O. The van der Waals surface area contributed by atoms with E-state index >= 15 is 0 Å². The Morgan fingerprint density at radius 1 is 0.875 bits per heavy atom. The molecule has 8 heteroatoms. The Morgan fingerprint density at radius 2 is 1.29 bits per heavy atom. The van der Waals surface area contributed by atoms with Crippen LogP contribution in [0.3, 0.4) is 0 Å². The van der Waals surface area contributed by atoms with Gasteiger partial charge in [-0.3, -0.25) is 9.59 Å². The summed E-state index contributed by atoms with van der Waals surface area (Å²) in [5.74, 6) is 0.485. The third-order valence-corrected chi connectivity index (χ3v) is 4.00. The summed E-state index contributed by atoms with van der Waals surface area (Å²) >= 11 is 0. The van der Waals surface area contributed by atoms with Gasteiger partial charge in [-0.25, -0.2) is 0 Å². The van der Waals surface area contributed by atoms with Crippen LogP contribution < -0.4 is 9.47 Å². The zero-order valence-electron chi connectivity index (χ0n) is 13.7. The maximum Gasteiger partial charge on any atom is 0.260 e. The summed E-state index contributed by atoms with van der Waals surface area (Å²) in [6.07, 6.45) is 0. The van der Waals surface area contributed by atoms with Gasteiger partial charge in [0.05, 0.1) is 24.3 Å². The molecule has 0 aliphatic carbocycles. The molecule has 2 heterocycles. The largest absolute Gasteiger partial charge is 0.472 e. The third-order valence-electron chi connectivity index (χ3n) is 4.00. The van der Waals surface area contributed by atoms with Crippen molar-refractivity contribution >= 4 is 11.8 Å². The number of benzene rings is 1. The number of carbonyl (C=O) groups excluding carboxylic acids is 2. The summed E-state index contributed by atoms with van der Waals surface area (Å²) in [4.78, 5) is 28.1. The lowest BCUT2D eigenvalue weighted by atomic mass is 10.0. The van der Waals surface area contributed by atoms with Crippen LogP contribution in [0.1, 0.15) is 20.7 Å². The topological polar surface area (TPSA) is 77.5 Å². The molecule has 0 aromatic heterocycles. The number of fused-ring (bicyclic) bond motifs is 2. The van der Waals surface area contributed by atoms with Crippen molar-refractivity contribution in [2.24, 2.45) is 0 Å². The fourth-order valence-corrected chi connectivity index (χ4v) is 2.62. The summed E-state index contributed by atoms with van der Waals surface area (Å²) in [5.41, 5.74) is 0.795. The smallest absolute Gasteiger partial charge is 0.260 e. The van der Waals surface area contributed by atoms with Crippen LogP contribution in [-0.4, -0.2) is 75.6 Å². The van der Waals surface area contributed by atoms with E-state index in [2.05, 4.69) is 0 Å². The van der Waals surface area contributed by atoms with E-state index in [1.807, 2.05) is 0 Å². The van der Waals surface area contributed by atoms with Crippen LogP contribution >= 0.6 is 0 Å². The van der Waals surface area contributed by atoms with Crippen LogP contribution in [-0.2, 0) is 9.47 Å². The minimum Gasteiger partial charge on any atom is -0.472 e. The third kappa shape index (κ3) is 3.02. The Morgan fingerprint density at radius 3 is 1.67 bits per heavy atom. The molecular weight excluding hydrogens is 316 g/mol. The summed E-state index contributed by atoms with van der Waals surface area (Å²) in [6, 6.07) is 3.16. The lowest BCUT2D eigenvalue weighted by Crippen LogP contribution is -2.42. The predicted octanol–water partition coefficient (Wildman–Crippen LogP) is 0.564. The molecule has 2 aliphatic rings. The van der Waals surface area contributed by atoms with Crippen LogP contribution in [0.15, 0.2) is 12.1 Å². The fourth-order valence-electron chi connectivity index (χ4n) is 2.62. The first-order chi connectivity index (χ1) is 11.7. The normalized spacial score (nSPS) is 16.4. The van der Waals surface area contributed by atoms with Gasteiger partial charge in [0.1, 0.15) is 11.5 Å². The number of hydrogen-bond donors (Lipinski definition) is 0. The Kier molecular flexibility index (Phi) is 4.86. The molecule has 0 saturated heterocycles. The quantitative estimate of drug-likeness (QED) is 0.756. The van der Waals surface area contributed by atoms with Crippen LogP contribution in [0.5, 0.6) is 11.5 Å². The number of carbonyl (C=O) groups is 2. The molecule has 0 bridgehead atoms. The van der Waals surface area contributed by atoms with Gasteiger partial charge in [0, 0.05) is 27.3 Å². The zero-order valence-corrected chi connectivity index (χ0v) is 13.7. The second-order valence-electron chi connectivity index (χ2n) is 5.51. The second-order valence-corrected chi connectivity index (χ2v) is 5.51. The van der Waals surface area contributed by atoms with E-state index in [4.69, 9.17) is 18.9 Å². The highest BCUT2D eigenvalue weighted by Gasteiger charge is 2.32. The number of ether oxygens (including phenoxy) is 4. The van der Waals surface area contributed by atoms with Crippen LogP contribution in [0.4, 0.5) is 0 Å². The minimum atomic E-state index is -0.158. The van der Waals surface area contributed by atoms with Crippen molar-refractivity contribution in [1.82, 2.24) is 9.80 Å². The van der Waals surface area contributed by atoms with Gasteiger partial charge in [0.2, 0.25) is 0 Å². The second kappa shape index (κ2) is 7.06. The van der Waals surface area contributed by atoms with Gasteiger partial charge in [-0.15, -0.1) is 0 Å². The van der Waals surface area contributed by atoms with Crippen molar-refractivity contribution in [3.05, 3.63) is 23.3 Å². The van der Waals surface area contributed by atoms with Crippen LogP contribution in [0.2, 0.25) is 0 Å². The lowest BCUT2D eigenvalue weighted by molar-refractivity contribution is 0.0395. The maximum absolute atomic E-state index is 12.5. The van der Waals surface area contributed by atoms with Gasteiger partial charge in [0.25, 0.3) is 11.8 Å². The molecule has 0 radical (unpaired) electrons. The lowest BCUT2D eigenvalue weighted by Gasteiger charge is -2.32. The minimum absolute atomic E-state index is 0.135. The van der Waals surface area contributed by atoms with Crippen molar-refractivity contribution < 1.29 is 28.5 Å².